The van der Waals surface area contributed by atoms with E-state index in [2.05, 4.69) is 9.73 Å². The van der Waals surface area contributed by atoms with Crippen molar-refractivity contribution in [3.63, 3.8) is 0 Å². The van der Waals surface area contributed by atoms with E-state index in [0.717, 1.165) is 11.3 Å². The second kappa shape index (κ2) is 10.2. The molecule has 12 heteroatoms. The highest BCUT2D eigenvalue weighted by Gasteiger charge is 2.33. The van der Waals surface area contributed by atoms with Crippen molar-refractivity contribution < 1.29 is 28.0 Å². The summed E-state index contributed by atoms with van der Waals surface area (Å²) in [7, 11) is 0. The number of nitro groups is 1. The number of ether oxygens (including phenoxy) is 2. The van der Waals surface area contributed by atoms with Crippen LogP contribution in [0.1, 0.15) is 31.0 Å². The third-order valence-corrected chi connectivity index (χ3v) is 6.32. The number of benzene rings is 2. The molecule has 3 aromatic rings. The topological polar surface area (TPSA) is 113 Å². The number of fused-ring (bicyclic) bond motifs is 1. The Morgan fingerprint density at radius 1 is 1.22 bits per heavy atom. The second-order valence-corrected chi connectivity index (χ2v) is 8.61. The molecule has 36 heavy (non-hydrogen) atoms. The Morgan fingerprint density at radius 2 is 1.89 bits per heavy atom. The van der Waals surface area contributed by atoms with Crippen LogP contribution in [0.2, 0.25) is 0 Å². The Labute approximate surface area is 206 Å². The van der Waals surface area contributed by atoms with Crippen molar-refractivity contribution in [2.75, 3.05) is 6.61 Å². The lowest BCUT2D eigenvalue weighted by Crippen LogP contribution is -2.39. The summed E-state index contributed by atoms with van der Waals surface area (Å²) in [5.74, 6) is -0.723. The SMILES string of the molecule is CCOC(=O)C1=C(C)N=c2s/c(=C/c3ccc([N+](=O)[O-])cc3)c(=O)n2[C@H]1c1ccc(OC(F)F)cc1. The number of allylic oxidation sites excluding steroid dienone is 1. The zero-order valence-corrected chi connectivity index (χ0v) is 19.8. The summed E-state index contributed by atoms with van der Waals surface area (Å²) in [6, 6.07) is 10.4. The van der Waals surface area contributed by atoms with E-state index in [-0.39, 0.29) is 23.6 Å². The molecule has 1 aliphatic heterocycles. The molecule has 0 saturated carbocycles. The minimum atomic E-state index is -3.00. The van der Waals surface area contributed by atoms with Gasteiger partial charge in [0.05, 0.1) is 33.4 Å². The van der Waals surface area contributed by atoms with Crippen molar-refractivity contribution in [3.05, 3.63) is 101 Å². The van der Waals surface area contributed by atoms with Crippen LogP contribution >= 0.6 is 11.3 Å². The van der Waals surface area contributed by atoms with Crippen molar-refractivity contribution in [1.29, 1.82) is 0 Å². The number of hydrogen-bond acceptors (Lipinski definition) is 8. The molecule has 0 bridgehead atoms. The van der Waals surface area contributed by atoms with Crippen LogP contribution < -0.4 is 19.6 Å². The summed E-state index contributed by atoms with van der Waals surface area (Å²) in [4.78, 5) is 41.5. The molecule has 4 rings (SSSR count). The lowest BCUT2D eigenvalue weighted by Gasteiger charge is -2.24. The molecule has 186 valence electrons. The molecule has 0 radical (unpaired) electrons. The number of non-ortho nitro benzene ring substituents is 1. The predicted octanol–water partition coefficient (Wildman–Crippen LogP) is 3.31. The summed E-state index contributed by atoms with van der Waals surface area (Å²) < 4.78 is 36.4. The van der Waals surface area contributed by atoms with Crippen molar-refractivity contribution in [3.8, 4) is 5.75 Å². The molecule has 1 aliphatic rings. The average molecular weight is 515 g/mol. The number of halogens is 2. The Kier molecular flexibility index (Phi) is 7.06. The molecule has 9 nitrogen and oxygen atoms in total. The number of esters is 1. The van der Waals surface area contributed by atoms with Gasteiger partial charge >= 0.3 is 12.6 Å². The van der Waals surface area contributed by atoms with E-state index < -0.39 is 29.1 Å². The molecular formula is C24H19F2N3O6S. The maximum Gasteiger partial charge on any atom is 0.387 e. The monoisotopic (exact) mass is 515 g/mol. The number of nitro benzene ring substituents is 1. The molecular weight excluding hydrogens is 496 g/mol. The smallest absolute Gasteiger partial charge is 0.387 e. The number of carbonyl (C=O) groups excluding carboxylic acids is 1. The minimum Gasteiger partial charge on any atom is -0.463 e. The highest BCUT2D eigenvalue weighted by molar-refractivity contribution is 7.07. The normalized spacial score (nSPS) is 15.5. The van der Waals surface area contributed by atoms with Crippen molar-refractivity contribution in [2.45, 2.75) is 26.5 Å². The first-order valence-corrected chi connectivity index (χ1v) is 11.5. The highest BCUT2D eigenvalue weighted by atomic mass is 32.1. The Morgan fingerprint density at radius 3 is 2.47 bits per heavy atom. The van der Waals surface area contributed by atoms with E-state index in [1.807, 2.05) is 0 Å². The van der Waals surface area contributed by atoms with E-state index in [4.69, 9.17) is 4.74 Å². The van der Waals surface area contributed by atoms with Crippen LogP contribution in [-0.2, 0) is 9.53 Å². The molecule has 0 unspecified atom stereocenters. The van der Waals surface area contributed by atoms with Crippen molar-refractivity contribution in [2.24, 2.45) is 4.99 Å². The zero-order chi connectivity index (χ0) is 26.0. The van der Waals surface area contributed by atoms with Crippen LogP contribution in [0.25, 0.3) is 6.08 Å². The number of aromatic nitrogens is 1. The van der Waals surface area contributed by atoms with Gasteiger partial charge in [0.2, 0.25) is 0 Å². The molecule has 2 aromatic carbocycles. The molecule has 0 fully saturated rings. The van der Waals surface area contributed by atoms with Crippen LogP contribution in [-0.4, -0.2) is 28.7 Å². The lowest BCUT2D eigenvalue weighted by molar-refractivity contribution is -0.384. The van der Waals surface area contributed by atoms with Gasteiger partial charge in [0.1, 0.15) is 5.75 Å². The zero-order valence-electron chi connectivity index (χ0n) is 19.0. The summed E-state index contributed by atoms with van der Waals surface area (Å²) in [5.41, 5.74) is 1.02. The summed E-state index contributed by atoms with van der Waals surface area (Å²) in [6.07, 6.45) is 1.58. The Bertz CT molecular complexity index is 1530. The highest BCUT2D eigenvalue weighted by Crippen LogP contribution is 2.31. The fraction of sp³-hybridized carbons (Fsp3) is 0.208. The molecule has 2 heterocycles. The van der Waals surface area contributed by atoms with Crippen LogP contribution in [0, 0.1) is 10.1 Å². The summed E-state index contributed by atoms with van der Waals surface area (Å²) in [6.45, 7) is 0.387. The number of nitrogens with zero attached hydrogens (tertiary/aromatic N) is 3. The average Bonchev–Trinajstić information content (AvgIpc) is 3.13. The maximum atomic E-state index is 13.5. The molecule has 0 spiro atoms. The molecule has 0 aliphatic carbocycles. The maximum absolute atomic E-state index is 13.5. The number of rotatable bonds is 7. The van der Waals surface area contributed by atoms with E-state index in [0.29, 0.717) is 26.2 Å². The van der Waals surface area contributed by atoms with Crippen molar-refractivity contribution in [1.82, 2.24) is 4.57 Å². The number of carbonyl (C=O) groups is 1. The molecule has 0 amide bonds. The minimum absolute atomic E-state index is 0.0716. The van der Waals surface area contributed by atoms with E-state index >= 15 is 0 Å². The first-order chi connectivity index (χ1) is 17.2. The quantitative estimate of drug-likeness (QED) is 0.271. The first-order valence-electron chi connectivity index (χ1n) is 10.7. The van der Waals surface area contributed by atoms with Gasteiger partial charge in [-0.3, -0.25) is 19.5 Å². The molecule has 0 N–H and O–H groups in total. The third kappa shape index (κ3) is 4.93. The van der Waals surface area contributed by atoms with Gasteiger partial charge < -0.3 is 9.47 Å². The van der Waals surface area contributed by atoms with Gasteiger partial charge in [-0.05, 0) is 55.3 Å². The Hall–Kier alpha value is -4.19. The van der Waals surface area contributed by atoms with Gasteiger partial charge in [-0.25, -0.2) is 9.79 Å². The lowest BCUT2D eigenvalue weighted by atomic mass is 9.96. The molecule has 0 saturated heterocycles. The van der Waals surface area contributed by atoms with Crippen LogP contribution in [0.4, 0.5) is 14.5 Å². The number of thiazole rings is 1. The van der Waals surface area contributed by atoms with E-state index in [1.165, 1.54) is 53.1 Å². The van der Waals surface area contributed by atoms with Gasteiger partial charge in [-0.2, -0.15) is 8.78 Å². The van der Waals surface area contributed by atoms with Crippen LogP contribution in [0.15, 0.2) is 69.6 Å². The summed E-state index contributed by atoms with van der Waals surface area (Å²) in [5, 5.41) is 10.9. The summed E-state index contributed by atoms with van der Waals surface area (Å²) >= 11 is 1.09. The van der Waals surface area contributed by atoms with Gasteiger partial charge in [-0.1, -0.05) is 23.5 Å². The van der Waals surface area contributed by atoms with Gasteiger partial charge in [0.25, 0.3) is 11.2 Å². The molecule has 1 aromatic heterocycles. The van der Waals surface area contributed by atoms with E-state index in [1.54, 1.807) is 19.9 Å². The fourth-order valence-corrected chi connectivity index (χ4v) is 4.83. The van der Waals surface area contributed by atoms with Gasteiger partial charge in [0.15, 0.2) is 4.80 Å². The number of hydrogen-bond donors (Lipinski definition) is 0. The fourth-order valence-electron chi connectivity index (χ4n) is 3.78. The van der Waals surface area contributed by atoms with Crippen molar-refractivity contribution >= 4 is 29.1 Å². The van der Waals surface area contributed by atoms with E-state index in [9.17, 15) is 28.5 Å². The third-order valence-electron chi connectivity index (χ3n) is 5.34. The standard InChI is InChI=1S/C24H19F2N3O6S/c1-3-34-22(31)19-13(2)27-24-28(20(19)15-6-10-17(11-7-15)35-23(25)26)21(30)18(36-24)12-14-4-8-16(9-5-14)29(32)33/h4-12,20,23H,3H2,1-2H3/b18-12+/t20-/m0/s1. The number of alkyl halides is 2. The predicted molar refractivity (Wildman–Crippen MR) is 127 cm³/mol. The Balaban J connectivity index is 1.86. The van der Waals surface area contributed by atoms with Gasteiger partial charge in [-0.15, -0.1) is 0 Å². The first kappa shape index (κ1) is 24.9. The van der Waals surface area contributed by atoms with Crippen LogP contribution in [0.3, 0.4) is 0 Å². The van der Waals surface area contributed by atoms with Crippen LogP contribution in [0.5, 0.6) is 5.75 Å². The second-order valence-electron chi connectivity index (χ2n) is 7.60. The van der Waals surface area contributed by atoms with Gasteiger partial charge in [0, 0.05) is 12.1 Å². The molecule has 1 atom stereocenters. The largest absolute Gasteiger partial charge is 0.463 e.